The van der Waals surface area contributed by atoms with Crippen molar-refractivity contribution in [3.05, 3.63) is 29.8 Å². The van der Waals surface area contributed by atoms with E-state index in [2.05, 4.69) is 0 Å². The highest BCUT2D eigenvalue weighted by atomic mass is 35.5. The van der Waals surface area contributed by atoms with Crippen LogP contribution in [0.2, 0.25) is 0 Å². The van der Waals surface area contributed by atoms with Crippen molar-refractivity contribution in [3.63, 3.8) is 0 Å². The molecule has 25 heavy (non-hydrogen) atoms. The second-order valence-electron chi connectivity index (χ2n) is 5.52. The number of nitrogens with zero attached hydrogens (tertiary/aromatic N) is 1. The van der Waals surface area contributed by atoms with E-state index in [0.29, 0.717) is 6.61 Å². The average molecular weight is 382 g/mol. The van der Waals surface area contributed by atoms with Gasteiger partial charge in [0, 0.05) is 19.4 Å². The molecule has 140 valence electrons. The van der Waals surface area contributed by atoms with Crippen LogP contribution in [-0.2, 0) is 25.2 Å². The van der Waals surface area contributed by atoms with Gasteiger partial charge in [0.2, 0.25) is 5.56 Å². The van der Waals surface area contributed by atoms with Gasteiger partial charge in [-0.25, -0.2) is 0 Å². The van der Waals surface area contributed by atoms with Gasteiger partial charge < -0.3 is 14.2 Å². The van der Waals surface area contributed by atoms with Crippen molar-refractivity contribution in [2.45, 2.75) is 30.7 Å². The molecule has 0 saturated carbocycles. The molecule has 2 rings (SSSR count). The first-order valence-electron chi connectivity index (χ1n) is 7.67. The maximum absolute atomic E-state index is 12.9. The van der Waals surface area contributed by atoms with Crippen LogP contribution in [0.1, 0.15) is 18.4 Å². The van der Waals surface area contributed by atoms with E-state index >= 15 is 0 Å². The van der Waals surface area contributed by atoms with Crippen LogP contribution in [0.3, 0.4) is 0 Å². The minimum atomic E-state index is -4.52. The van der Waals surface area contributed by atoms with E-state index < -0.39 is 23.2 Å². The summed E-state index contributed by atoms with van der Waals surface area (Å²) in [5.74, 6) is -0.708. The second-order valence-corrected chi connectivity index (χ2v) is 5.91. The molecule has 1 amide bonds. The quantitative estimate of drug-likeness (QED) is 0.536. The van der Waals surface area contributed by atoms with Gasteiger partial charge in [0.25, 0.3) is 5.91 Å². The maximum atomic E-state index is 12.9. The predicted octanol–water partition coefficient (Wildman–Crippen LogP) is 3.40. The summed E-state index contributed by atoms with van der Waals surface area (Å²) in [6, 6.07) is 4.37. The Morgan fingerprint density at radius 1 is 1.48 bits per heavy atom. The summed E-state index contributed by atoms with van der Waals surface area (Å²) in [6.07, 6.45) is -2.92. The first-order chi connectivity index (χ1) is 11.8. The Balaban J connectivity index is 2.09. The van der Waals surface area contributed by atoms with Gasteiger partial charge in [-0.15, -0.1) is 0 Å². The van der Waals surface area contributed by atoms with E-state index in [9.17, 15) is 18.0 Å². The predicted molar refractivity (Wildman–Crippen MR) is 85.4 cm³/mol. The van der Waals surface area contributed by atoms with Crippen LogP contribution < -0.4 is 4.90 Å². The molecule has 9 heteroatoms. The van der Waals surface area contributed by atoms with Crippen molar-refractivity contribution in [2.75, 3.05) is 32.0 Å². The zero-order valence-electron chi connectivity index (χ0n) is 13.6. The summed E-state index contributed by atoms with van der Waals surface area (Å²) in [5.41, 5.74) is -2.20. The molecule has 1 aromatic rings. The van der Waals surface area contributed by atoms with Gasteiger partial charge in [-0.3, -0.25) is 9.69 Å². The number of carbonyl (C=O) groups excluding carboxylic acids is 1. The molecule has 1 fully saturated rings. The molecule has 0 spiro atoms. The van der Waals surface area contributed by atoms with E-state index in [-0.39, 0.29) is 25.1 Å². The molecule has 0 N–H and O–H groups in total. The second kappa shape index (κ2) is 8.84. The molecule has 1 aliphatic rings. The molecule has 2 atom stereocenters. The fourth-order valence-electron chi connectivity index (χ4n) is 2.41. The zero-order chi connectivity index (χ0) is 18.4. The molecular weight excluding hydrogens is 363 g/mol. The Morgan fingerprint density at radius 3 is 2.84 bits per heavy atom. The van der Waals surface area contributed by atoms with Crippen LogP contribution in [0.4, 0.5) is 18.9 Å². The van der Waals surface area contributed by atoms with Gasteiger partial charge in [0.1, 0.15) is 6.73 Å². The lowest BCUT2D eigenvalue weighted by atomic mass is 10.2. The largest absolute Gasteiger partial charge is 0.416 e. The van der Waals surface area contributed by atoms with Crippen molar-refractivity contribution in [1.29, 1.82) is 0 Å². The monoisotopic (exact) mass is 381 g/mol. The van der Waals surface area contributed by atoms with Crippen molar-refractivity contribution in [1.82, 2.24) is 0 Å². The first kappa shape index (κ1) is 20.0. The standard InChI is InChI=1S/C16H19ClF3NO4/c1-23-10-21(12-5-2-4-11(8-12)16(18,19)20)15(22)14(17)25-9-13-6-3-7-24-13/h2,4-5,8,13-14H,3,6-7,9-10H2,1H3. The molecule has 5 nitrogen and oxygen atoms in total. The third-order valence-electron chi connectivity index (χ3n) is 3.66. The van der Waals surface area contributed by atoms with Gasteiger partial charge in [-0.05, 0) is 31.0 Å². The maximum Gasteiger partial charge on any atom is 0.416 e. The summed E-state index contributed by atoms with van der Waals surface area (Å²) in [6.45, 7) is 0.519. The third kappa shape index (κ3) is 5.57. The van der Waals surface area contributed by atoms with Gasteiger partial charge in [-0.2, -0.15) is 13.2 Å². The van der Waals surface area contributed by atoms with Crippen LogP contribution in [-0.4, -0.2) is 44.6 Å². The molecular formula is C16H19ClF3NO4. The van der Waals surface area contributed by atoms with Crippen LogP contribution in [0.25, 0.3) is 0 Å². The van der Waals surface area contributed by atoms with E-state index in [0.717, 1.165) is 29.9 Å². The first-order valence-corrected chi connectivity index (χ1v) is 8.11. The lowest BCUT2D eigenvalue weighted by Crippen LogP contribution is -2.40. The molecule has 0 bridgehead atoms. The van der Waals surface area contributed by atoms with Crippen molar-refractivity contribution >= 4 is 23.2 Å². The van der Waals surface area contributed by atoms with Crippen molar-refractivity contribution in [2.24, 2.45) is 0 Å². The minimum absolute atomic E-state index is 0.0213. The lowest BCUT2D eigenvalue weighted by Gasteiger charge is -2.25. The Kier molecular flexibility index (Phi) is 7.06. The van der Waals surface area contributed by atoms with Gasteiger partial charge in [-0.1, -0.05) is 17.7 Å². The lowest BCUT2D eigenvalue weighted by molar-refractivity contribution is -0.137. The smallest absolute Gasteiger partial charge is 0.376 e. The number of anilines is 1. The van der Waals surface area contributed by atoms with E-state index in [1.165, 1.54) is 19.2 Å². The Hall–Kier alpha value is -1.35. The molecule has 1 aliphatic heterocycles. The number of alkyl halides is 4. The number of rotatable bonds is 7. The van der Waals surface area contributed by atoms with E-state index in [1.807, 2.05) is 0 Å². The molecule has 0 radical (unpaired) electrons. The summed E-state index contributed by atoms with van der Waals surface area (Å²) in [5, 5.41) is 0. The highest BCUT2D eigenvalue weighted by Crippen LogP contribution is 2.32. The average Bonchev–Trinajstić information content (AvgIpc) is 3.10. The minimum Gasteiger partial charge on any atom is -0.376 e. The zero-order valence-corrected chi connectivity index (χ0v) is 14.3. The van der Waals surface area contributed by atoms with Crippen LogP contribution in [0, 0.1) is 0 Å². The topological polar surface area (TPSA) is 48.0 Å². The number of benzene rings is 1. The molecule has 1 heterocycles. The Labute approximate surface area is 148 Å². The summed E-state index contributed by atoms with van der Waals surface area (Å²) >= 11 is 5.97. The van der Waals surface area contributed by atoms with Gasteiger partial charge in [0.15, 0.2) is 0 Å². The highest BCUT2D eigenvalue weighted by molar-refractivity contribution is 6.31. The number of carbonyl (C=O) groups is 1. The summed E-state index contributed by atoms with van der Waals surface area (Å²) < 4.78 is 54.2. The van der Waals surface area contributed by atoms with Crippen LogP contribution in [0.5, 0.6) is 0 Å². The van der Waals surface area contributed by atoms with Gasteiger partial charge >= 0.3 is 6.18 Å². The number of hydrogen-bond donors (Lipinski definition) is 0. The Bertz CT molecular complexity index is 579. The molecule has 1 saturated heterocycles. The Morgan fingerprint density at radius 2 is 2.24 bits per heavy atom. The van der Waals surface area contributed by atoms with Crippen molar-refractivity contribution < 1.29 is 32.2 Å². The normalized spacial score (nSPS) is 19.0. The molecule has 0 aliphatic carbocycles. The fourth-order valence-corrected chi connectivity index (χ4v) is 2.60. The van der Waals surface area contributed by atoms with Crippen LogP contribution in [0.15, 0.2) is 24.3 Å². The molecule has 2 unspecified atom stereocenters. The number of ether oxygens (including phenoxy) is 3. The van der Waals surface area contributed by atoms with Gasteiger partial charge in [0.05, 0.1) is 18.3 Å². The van der Waals surface area contributed by atoms with Crippen LogP contribution >= 0.6 is 11.6 Å². The number of halogens is 4. The fraction of sp³-hybridized carbons (Fsp3) is 0.562. The van der Waals surface area contributed by atoms with E-state index in [1.54, 1.807) is 0 Å². The third-order valence-corrected chi connectivity index (χ3v) is 3.97. The highest BCUT2D eigenvalue weighted by Gasteiger charge is 2.32. The van der Waals surface area contributed by atoms with Crippen molar-refractivity contribution in [3.8, 4) is 0 Å². The molecule has 1 aromatic carbocycles. The summed E-state index contributed by atoms with van der Waals surface area (Å²) in [4.78, 5) is 13.5. The number of amides is 1. The summed E-state index contributed by atoms with van der Waals surface area (Å²) in [7, 11) is 1.32. The number of hydrogen-bond acceptors (Lipinski definition) is 4. The SMILES string of the molecule is COCN(C(=O)C(Cl)OCC1CCCO1)c1cccc(C(F)(F)F)c1. The van der Waals surface area contributed by atoms with E-state index in [4.69, 9.17) is 25.8 Å². The number of methoxy groups -OCH3 is 1. The molecule has 0 aromatic heterocycles.